The number of carbonyl (C=O) groups excluding carboxylic acids is 1. The molecule has 2 aliphatic heterocycles. The highest BCUT2D eigenvalue weighted by Crippen LogP contribution is 2.51. The summed E-state index contributed by atoms with van der Waals surface area (Å²) in [4.78, 5) is 16.0. The maximum atomic E-state index is 14.0. The maximum Gasteiger partial charge on any atom is 0.244 e. The van der Waals surface area contributed by atoms with E-state index >= 15 is 0 Å². The van der Waals surface area contributed by atoms with Crippen LogP contribution in [-0.2, 0) is 16.8 Å². The lowest BCUT2D eigenvalue weighted by Gasteiger charge is -2.28. The number of carbonyl (C=O) groups is 1. The lowest BCUT2D eigenvalue weighted by Crippen LogP contribution is -3.00. The summed E-state index contributed by atoms with van der Waals surface area (Å²) in [6.07, 6.45) is 0.852. The Morgan fingerprint density at radius 3 is 2.43 bits per heavy atom. The standard InChI is InChI=1S/C25H24N2O2.ClH/c1-29-20-13-11-19(12-14-20)23-25(15-16-26-23)21-9-5-6-10-22(21)27(24(25)28)17-18-7-3-2-4-8-18;/h2-14,23,26H,15-17H2,1H3;1H. The van der Waals surface area contributed by atoms with Crippen LogP contribution < -0.4 is 27.4 Å². The van der Waals surface area contributed by atoms with Crippen molar-refractivity contribution in [3.8, 4) is 5.75 Å². The first-order valence-corrected chi connectivity index (χ1v) is 10.2. The molecule has 1 fully saturated rings. The fourth-order valence-corrected chi connectivity index (χ4v) is 5.08. The van der Waals surface area contributed by atoms with Crippen molar-refractivity contribution in [2.45, 2.75) is 24.4 Å². The van der Waals surface area contributed by atoms with Crippen LogP contribution in [0.5, 0.6) is 5.75 Å². The zero-order valence-corrected chi connectivity index (χ0v) is 17.7. The second-order valence-electron chi connectivity index (χ2n) is 7.89. The molecule has 2 heterocycles. The number of rotatable bonds is 4. The third-order valence-electron chi connectivity index (χ3n) is 6.43. The first kappa shape index (κ1) is 20.5. The number of fused-ring (bicyclic) bond motifs is 2. The average molecular weight is 421 g/mol. The fraction of sp³-hybridized carbons (Fsp3) is 0.240. The third-order valence-corrected chi connectivity index (χ3v) is 6.43. The number of halogens is 1. The van der Waals surface area contributed by atoms with Crippen LogP contribution in [0.1, 0.15) is 29.2 Å². The molecule has 154 valence electrons. The summed E-state index contributed by atoms with van der Waals surface area (Å²) in [7, 11) is 1.68. The number of benzene rings is 3. The smallest absolute Gasteiger partial charge is 0.244 e. The topological polar surface area (TPSA) is 46.1 Å². The van der Waals surface area contributed by atoms with Crippen LogP contribution in [0.4, 0.5) is 5.69 Å². The predicted molar refractivity (Wildman–Crippen MR) is 113 cm³/mol. The molecule has 30 heavy (non-hydrogen) atoms. The molecule has 3 aromatic rings. The Balaban J connectivity index is 0.00000218. The summed E-state index contributed by atoms with van der Waals surface area (Å²) in [5.41, 5.74) is 4.02. The normalized spacial score (nSPS) is 22.1. The number of quaternary nitrogens is 1. The van der Waals surface area contributed by atoms with Crippen LogP contribution >= 0.6 is 0 Å². The van der Waals surface area contributed by atoms with Crippen LogP contribution in [0.3, 0.4) is 0 Å². The Morgan fingerprint density at radius 1 is 1.00 bits per heavy atom. The minimum Gasteiger partial charge on any atom is -1.00 e. The van der Waals surface area contributed by atoms with E-state index in [1.54, 1.807) is 7.11 Å². The Morgan fingerprint density at radius 2 is 1.70 bits per heavy atom. The molecule has 2 atom stereocenters. The largest absolute Gasteiger partial charge is 1.00 e. The summed E-state index contributed by atoms with van der Waals surface area (Å²) in [5, 5.41) is 2.32. The molecule has 2 unspecified atom stereocenters. The highest BCUT2D eigenvalue weighted by Gasteiger charge is 2.60. The summed E-state index contributed by atoms with van der Waals surface area (Å²) in [6, 6.07) is 26.8. The summed E-state index contributed by atoms with van der Waals surface area (Å²) in [6.45, 7) is 1.55. The summed E-state index contributed by atoms with van der Waals surface area (Å²) in [5.74, 6) is 1.06. The van der Waals surface area contributed by atoms with E-state index in [1.807, 2.05) is 41.3 Å². The van der Waals surface area contributed by atoms with Crippen molar-refractivity contribution in [1.29, 1.82) is 0 Å². The summed E-state index contributed by atoms with van der Waals surface area (Å²) < 4.78 is 5.32. The highest BCUT2D eigenvalue weighted by molar-refractivity contribution is 6.08. The van der Waals surface area contributed by atoms with E-state index in [2.05, 4.69) is 47.8 Å². The van der Waals surface area contributed by atoms with E-state index in [0.717, 1.165) is 35.5 Å². The van der Waals surface area contributed by atoms with Crippen molar-refractivity contribution in [3.63, 3.8) is 0 Å². The van der Waals surface area contributed by atoms with Crippen molar-refractivity contribution in [2.75, 3.05) is 18.6 Å². The fourth-order valence-electron chi connectivity index (χ4n) is 5.08. The molecule has 2 N–H and O–H groups in total. The van der Waals surface area contributed by atoms with E-state index in [4.69, 9.17) is 4.74 Å². The van der Waals surface area contributed by atoms with Crippen molar-refractivity contribution in [3.05, 3.63) is 95.6 Å². The van der Waals surface area contributed by atoms with Crippen molar-refractivity contribution in [2.24, 2.45) is 0 Å². The van der Waals surface area contributed by atoms with Gasteiger partial charge in [-0.15, -0.1) is 0 Å². The zero-order chi connectivity index (χ0) is 19.8. The lowest BCUT2D eigenvalue weighted by atomic mass is 9.73. The number of methoxy groups -OCH3 is 1. The van der Waals surface area contributed by atoms with E-state index < -0.39 is 5.41 Å². The Labute approximate surface area is 183 Å². The minimum absolute atomic E-state index is 0. The Hall–Kier alpha value is -2.82. The molecule has 0 aromatic heterocycles. The molecular weight excluding hydrogens is 396 g/mol. The molecule has 4 nitrogen and oxygen atoms in total. The van der Waals surface area contributed by atoms with Gasteiger partial charge in [-0.2, -0.15) is 0 Å². The zero-order valence-electron chi connectivity index (χ0n) is 16.9. The van der Waals surface area contributed by atoms with Crippen molar-refractivity contribution in [1.82, 2.24) is 0 Å². The molecule has 5 rings (SSSR count). The number of hydrogen-bond donors (Lipinski definition) is 1. The number of ether oxygens (including phenoxy) is 1. The van der Waals surface area contributed by atoms with Crippen LogP contribution in [0, 0.1) is 0 Å². The number of amides is 1. The molecule has 1 amide bonds. The molecule has 3 aromatic carbocycles. The van der Waals surface area contributed by atoms with Gasteiger partial charge >= 0.3 is 0 Å². The molecule has 1 saturated heterocycles. The van der Waals surface area contributed by atoms with E-state index in [9.17, 15) is 4.79 Å². The SMILES string of the molecule is COc1ccc(C2[NH2+]CCC23C(=O)N(Cc2ccccc2)c2ccccc23)cc1.[Cl-]. The monoisotopic (exact) mass is 420 g/mol. The van der Waals surface area contributed by atoms with Gasteiger partial charge in [0.25, 0.3) is 0 Å². The highest BCUT2D eigenvalue weighted by atomic mass is 35.5. The van der Waals surface area contributed by atoms with Gasteiger partial charge in [0, 0.05) is 17.7 Å². The number of nitrogens with zero attached hydrogens (tertiary/aromatic N) is 1. The van der Waals surface area contributed by atoms with Gasteiger partial charge in [-0.3, -0.25) is 4.79 Å². The second kappa shape index (κ2) is 8.13. The van der Waals surface area contributed by atoms with Gasteiger partial charge in [-0.05, 0) is 41.5 Å². The van der Waals surface area contributed by atoms with Gasteiger partial charge in [-0.1, -0.05) is 48.5 Å². The van der Waals surface area contributed by atoms with Crippen LogP contribution in [0.25, 0.3) is 0 Å². The Kier molecular flexibility index (Phi) is 5.54. The van der Waals surface area contributed by atoms with E-state index in [-0.39, 0.29) is 24.4 Å². The Bertz CT molecular complexity index is 1040. The molecule has 5 heteroatoms. The minimum atomic E-state index is -0.514. The number of nitrogens with two attached hydrogens (primary N) is 1. The molecule has 2 aliphatic rings. The molecule has 0 radical (unpaired) electrons. The first-order chi connectivity index (χ1) is 14.2. The van der Waals surface area contributed by atoms with Gasteiger partial charge < -0.3 is 27.4 Å². The lowest BCUT2D eigenvalue weighted by molar-refractivity contribution is -0.679. The van der Waals surface area contributed by atoms with E-state index in [0.29, 0.717) is 6.54 Å². The maximum absolute atomic E-state index is 14.0. The molecular formula is C25H25ClN2O2. The van der Waals surface area contributed by atoms with Gasteiger partial charge in [0.15, 0.2) is 0 Å². The van der Waals surface area contributed by atoms with Gasteiger partial charge in [-0.25, -0.2) is 0 Å². The quantitative estimate of drug-likeness (QED) is 0.655. The van der Waals surface area contributed by atoms with Gasteiger partial charge in [0.2, 0.25) is 5.91 Å². The summed E-state index contributed by atoms with van der Waals surface area (Å²) >= 11 is 0. The number of para-hydroxylation sites is 1. The third kappa shape index (κ3) is 3.08. The number of anilines is 1. The first-order valence-electron chi connectivity index (χ1n) is 10.2. The van der Waals surface area contributed by atoms with Crippen molar-refractivity contribution >= 4 is 11.6 Å². The molecule has 0 aliphatic carbocycles. The van der Waals surface area contributed by atoms with Gasteiger partial charge in [0.05, 0.1) is 20.2 Å². The van der Waals surface area contributed by atoms with Crippen molar-refractivity contribution < 1.29 is 27.3 Å². The van der Waals surface area contributed by atoms with Crippen LogP contribution in [0.15, 0.2) is 78.9 Å². The average Bonchev–Trinajstić information content (AvgIpc) is 3.32. The molecule has 0 saturated carbocycles. The van der Waals surface area contributed by atoms with E-state index in [1.165, 1.54) is 5.56 Å². The van der Waals surface area contributed by atoms with Gasteiger partial charge in [0.1, 0.15) is 17.2 Å². The molecule has 0 bridgehead atoms. The number of hydrogen-bond acceptors (Lipinski definition) is 2. The second-order valence-corrected chi connectivity index (χ2v) is 7.89. The van der Waals surface area contributed by atoms with Crippen LogP contribution in [-0.4, -0.2) is 19.6 Å². The molecule has 1 spiro atoms. The predicted octanol–water partition coefficient (Wildman–Crippen LogP) is 0.192. The van der Waals surface area contributed by atoms with Crippen LogP contribution in [0.2, 0.25) is 0 Å².